The van der Waals surface area contributed by atoms with Crippen molar-refractivity contribution in [1.29, 1.82) is 0 Å². The highest BCUT2D eigenvalue weighted by Gasteiger charge is 2.39. The van der Waals surface area contributed by atoms with E-state index >= 15 is 0 Å². The van der Waals surface area contributed by atoms with Crippen LogP contribution < -0.4 is 5.73 Å². The van der Waals surface area contributed by atoms with Crippen molar-refractivity contribution < 1.29 is 4.79 Å². The van der Waals surface area contributed by atoms with E-state index < -0.39 is 0 Å². The minimum absolute atomic E-state index is 0.225. The number of hydrogen-bond acceptors (Lipinski definition) is 2. The number of amides is 1. The van der Waals surface area contributed by atoms with Gasteiger partial charge in [-0.05, 0) is 30.9 Å². The fourth-order valence-electron chi connectivity index (χ4n) is 3.25. The van der Waals surface area contributed by atoms with E-state index in [-0.39, 0.29) is 11.3 Å². The van der Waals surface area contributed by atoms with Crippen LogP contribution >= 0.6 is 0 Å². The molecule has 0 unspecified atom stereocenters. The Bertz CT molecular complexity index is 464. The summed E-state index contributed by atoms with van der Waals surface area (Å²) in [6.07, 6.45) is 5.37. The number of carbonyl (C=O) groups excluding carboxylic acids is 1. The van der Waals surface area contributed by atoms with E-state index in [9.17, 15) is 4.79 Å². The van der Waals surface area contributed by atoms with Crippen molar-refractivity contribution in [2.24, 2.45) is 11.1 Å². The summed E-state index contributed by atoms with van der Waals surface area (Å²) >= 11 is 0. The Morgan fingerprint density at radius 1 is 1.25 bits per heavy atom. The van der Waals surface area contributed by atoms with Gasteiger partial charge in [0.15, 0.2) is 0 Å². The molecule has 20 heavy (non-hydrogen) atoms. The molecule has 1 aliphatic rings. The van der Waals surface area contributed by atoms with Gasteiger partial charge in [-0.25, -0.2) is 0 Å². The molecule has 0 bridgehead atoms. The Balaban J connectivity index is 2.10. The first-order valence-electron chi connectivity index (χ1n) is 7.59. The third-order valence-corrected chi connectivity index (χ3v) is 4.67. The summed E-state index contributed by atoms with van der Waals surface area (Å²) in [6, 6.07) is 8.24. The number of benzene rings is 1. The first-order chi connectivity index (χ1) is 9.59. The third kappa shape index (κ3) is 3.04. The van der Waals surface area contributed by atoms with Crippen LogP contribution in [-0.2, 0) is 11.3 Å². The molecule has 3 nitrogen and oxygen atoms in total. The van der Waals surface area contributed by atoms with Gasteiger partial charge in [0.05, 0.1) is 5.41 Å². The Morgan fingerprint density at radius 3 is 2.50 bits per heavy atom. The molecule has 1 amide bonds. The maximum absolute atomic E-state index is 12.8. The monoisotopic (exact) mass is 274 g/mol. The van der Waals surface area contributed by atoms with E-state index in [0.717, 1.165) is 25.7 Å². The van der Waals surface area contributed by atoms with Crippen LogP contribution in [-0.4, -0.2) is 24.4 Å². The zero-order valence-electron chi connectivity index (χ0n) is 12.7. The van der Waals surface area contributed by atoms with Gasteiger partial charge in [0.2, 0.25) is 5.91 Å². The molecular weight excluding hydrogens is 248 g/mol. The first kappa shape index (κ1) is 15.0. The van der Waals surface area contributed by atoms with E-state index in [1.165, 1.54) is 17.5 Å². The number of nitrogens with zero attached hydrogens (tertiary/aromatic N) is 1. The van der Waals surface area contributed by atoms with E-state index in [4.69, 9.17) is 5.73 Å². The first-order valence-corrected chi connectivity index (χ1v) is 7.59. The normalized spacial score (nSPS) is 17.8. The van der Waals surface area contributed by atoms with Gasteiger partial charge in [0, 0.05) is 20.1 Å². The fourth-order valence-corrected chi connectivity index (χ4v) is 3.25. The molecule has 2 rings (SSSR count). The Labute approximate surface area is 122 Å². The summed E-state index contributed by atoms with van der Waals surface area (Å²) in [5.41, 5.74) is 8.09. The highest BCUT2D eigenvalue weighted by molar-refractivity contribution is 5.83. The maximum atomic E-state index is 12.8. The zero-order chi connectivity index (χ0) is 14.6. The molecule has 0 saturated heterocycles. The Morgan fingerprint density at radius 2 is 1.90 bits per heavy atom. The van der Waals surface area contributed by atoms with Gasteiger partial charge in [-0.2, -0.15) is 0 Å². The molecule has 3 heteroatoms. The van der Waals surface area contributed by atoms with Crippen LogP contribution in [0.3, 0.4) is 0 Å². The lowest BCUT2D eigenvalue weighted by Gasteiger charge is -2.38. The average molecular weight is 274 g/mol. The summed E-state index contributed by atoms with van der Waals surface area (Å²) < 4.78 is 0. The number of aryl methyl sites for hydroxylation is 1. The predicted molar refractivity (Wildman–Crippen MR) is 82.2 cm³/mol. The van der Waals surface area contributed by atoms with Gasteiger partial charge in [-0.3, -0.25) is 4.79 Å². The quantitative estimate of drug-likeness (QED) is 0.917. The van der Waals surface area contributed by atoms with E-state index in [2.05, 4.69) is 19.1 Å². The van der Waals surface area contributed by atoms with E-state index in [0.29, 0.717) is 13.1 Å². The third-order valence-electron chi connectivity index (χ3n) is 4.67. The smallest absolute Gasteiger partial charge is 0.230 e. The average Bonchev–Trinajstić information content (AvgIpc) is 2.49. The SMILES string of the molecule is Cc1ccccc1CN(C)C(=O)C1(CN)CCCCC1. The summed E-state index contributed by atoms with van der Waals surface area (Å²) in [5.74, 6) is 0.225. The molecule has 1 aromatic rings. The molecular formula is C17H26N2O. The van der Waals surface area contributed by atoms with Crippen molar-refractivity contribution in [2.45, 2.75) is 45.6 Å². The van der Waals surface area contributed by atoms with Crippen molar-refractivity contribution in [3.63, 3.8) is 0 Å². The molecule has 0 radical (unpaired) electrons. The maximum Gasteiger partial charge on any atom is 0.230 e. The Hall–Kier alpha value is -1.35. The van der Waals surface area contributed by atoms with Crippen molar-refractivity contribution in [3.05, 3.63) is 35.4 Å². The van der Waals surface area contributed by atoms with Crippen molar-refractivity contribution in [2.75, 3.05) is 13.6 Å². The van der Waals surface area contributed by atoms with Gasteiger partial charge >= 0.3 is 0 Å². The summed E-state index contributed by atoms with van der Waals surface area (Å²) in [7, 11) is 1.90. The molecule has 0 spiro atoms. The highest BCUT2D eigenvalue weighted by atomic mass is 16.2. The lowest BCUT2D eigenvalue weighted by Crippen LogP contribution is -2.47. The van der Waals surface area contributed by atoms with Crippen LogP contribution in [0.2, 0.25) is 0 Å². The van der Waals surface area contributed by atoms with Crippen LogP contribution in [0.1, 0.15) is 43.2 Å². The molecule has 1 saturated carbocycles. The Kier molecular flexibility index (Phi) is 4.81. The number of nitrogens with two attached hydrogens (primary N) is 1. The molecule has 0 aromatic heterocycles. The fraction of sp³-hybridized carbons (Fsp3) is 0.588. The molecule has 110 valence electrons. The highest BCUT2D eigenvalue weighted by Crippen LogP contribution is 2.37. The van der Waals surface area contributed by atoms with E-state index in [1.807, 2.05) is 24.1 Å². The van der Waals surface area contributed by atoms with E-state index in [1.54, 1.807) is 0 Å². The van der Waals surface area contributed by atoms with Crippen LogP contribution in [0.15, 0.2) is 24.3 Å². The molecule has 2 N–H and O–H groups in total. The summed E-state index contributed by atoms with van der Waals surface area (Å²) in [6.45, 7) is 3.24. The second-order valence-corrected chi connectivity index (χ2v) is 6.13. The van der Waals surface area contributed by atoms with Crippen LogP contribution in [0, 0.1) is 12.3 Å². The molecule has 1 aromatic carbocycles. The molecule has 0 atom stereocenters. The zero-order valence-corrected chi connectivity index (χ0v) is 12.7. The van der Waals surface area contributed by atoms with Crippen molar-refractivity contribution in [1.82, 2.24) is 4.90 Å². The van der Waals surface area contributed by atoms with Gasteiger partial charge < -0.3 is 10.6 Å². The number of hydrogen-bond donors (Lipinski definition) is 1. The topological polar surface area (TPSA) is 46.3 Å². The number of rotatable bonds is 4. The minimum Gasteiger partial charge on any atom is -0.341 e. The van der Waals surface area contributed by atoms with Gasteiger partial charge in [0.25, 0.3) is 0 Å². The standard InChI is InChI=1S/C17H26N2O/c1-14-8-4-5-9-15(14)12-19(2)16(20)17(13-18)10-6-3-7-11-17/h4-5,8-9H,3,6-7,10-13,18H2,1-2H3. The number of carbonyl (C=O) groups is 1. The minimum atomic E-state index is -0.310. The van der Waals surface area contributed by atoms with Gasteiger partial charge in [-0.15, -0.1) is 0 Å². The molecule has 1 aliphatic carbocycles. The van der Waals surface area contributed by atoms with Crippen molar-refractivity contribution in [3.8, 4) is 0 Å². The molecule has 0 heterocycles. The lowest BCUT2D eigenvalue weighted by molar-refractivity contribution is -0.142. The molecule has 0 aliphatic heterocycles. The van der Waals surface area contributed by atoms with Crippen LogP contribution in [0.5, 0.6) is 0 Å². The molecule has 1 fully saturated rings. The second-order valence-electron chi connectivity index (χ2n) is 6.13. The van der Waals surface area contributed by atoms with Crippen LogP contribution in [0.25, 0.3) is 0 Å². The summed E-state index contributed by atoms with van der Waals surface area (Å²) in [5, 5.41) is 0. The van der Waals surface area contributed by atoms with Gasteiger partial charge in [0.1, 0.15) is 0 Å². The van der Waals surface area contributed by atoms with Gasteiger partial charge in [-0.1, -0.05) is 43.5 Å². The second kappa shape index (κ2) is 6.40. The predicted octanol–water partition coefficient (Wildman–Crippen LogP) is 2.86. The van der Waals surface area contributed by atoms with Crippen molar-refractivity contribution >= 4 is 5.91 Å². The van der Waals surface area contributed by atoms with Crippen LogP contribution in [0.4, 0.5) is 0 Å². The lowest BCUT2D eigenvalue weighted by atomic mass is 9.73. The summed E-state index contributed by atoms with van der Waals surface area (Å²) in [4.78, 5) is 14.7. The largest absolute Gasteiger partial charge is 0.341 e.